The maximum Gasteiger partial charge on any atom is 0.254 e. The first-order valence-electron chi connectivity index (χ1n) is 7.80. The van der Waals surface area contributed by atoms with Crippen LogP contribution in [0.5, 0.6) is 0 Å². The maximum absolute atomic E-state index is 12.8. The van der Waals surface area contributed by atoms with Crippen LogP contribution >= 0.6 is 0 Å². The molecule has 2 aromatic carbocycles. The topological polar surface area (TPSA) is 115 Å². The Kier molecular flexibility index (Phi) is 4.63. The lowest BCUT2D eigenvalue weighted by Crippen LogP contribution is -2.36. The Bertz CT molecular complexity index is 1090. The van der Waals surface area contributed by atoms with E-state index in [4.69, 9.17) is 5.14 Å². The summed E-state index contributed by atoms with van der Waals surface area (Å²) >= 11 is 0. The van der Waals surface area contributed by atoms with Crippen LogP contribution in [0.1, 0.15) is 21.5 Å². The SMILES string of the molecule is CS(=O)(=O)c1cccc(C(=O)N2CCc3ccc(S(N)(=O)=O)cc3C2)c1. The highest BCUT2D eigenvalue weighted by atomic mass is 32.2. The fraction of sp³-hybridized carbons (Fsp3) is 0.235. The molecule has 3 rings (SSSR count). The molecule has 0 unspecified atom stereocenters. The van der Waals surface area contributed by atoms with E-state index in [2.05, 4.69) is 0 Å². The summed E-state index contributed by atoms with van der Waals surface area (Å²) in [5.74, 6) is -0.304. The molecule has 1 aliphatic rings. The molecule has 0 spiro atoms. The lowest BCUT2D eigenvalue weighted by Gasteiger charge is -2.29. The fourth-order valence-corrected chi connectivity index (χ4v) is 4.16. The molecule has 0 radical (unpaired) electrons. The van der Waals surface area contributed by atoms with Gasteiger partial charge in [-0.05, 0) is 47.9 Å². The molecular weight excluding hydrogens is 376 g/mol. The van der Waals surface area contributed by atoms with Gasteiger partial charge in [0.15, 0.2) is 9.84 Å². The van der Waals surface area contributed by atoms with Gasteiger partial charge >= 0.3 is 0 Å². The van der Waals surface area contributed by atoms with Gasteiger partial charge in [0.05, 0.1) is 9.79 Å². The van der Waals surface area contributed by atoms with Crippen molar-refractivity contribution in [2.75, 3.05) is 12.8 Å². The number of amides is 1. The minimum Gasteiger partial charge on any atom is -0.334 e. The van der Waals surface area contributed by atoms with Crippen molar-refractivity contribution in [3.63, 3.8) is 0 Å². The lowest BCUT2D eigenvalue weighted by atomic mass is 9.99. The number of sulfonamides is 1. The number of nitrogens with zero attached hydrogens (tertiary/aromatic N) is 1. The number of rotatable bonds is 3. The summed E-state index contributed by atoms with van der Waals surface area (Å²) < 4.78 is 46.4. The van der Waals surface area contributed by atoms with Crippen LogP contribution in [0, 0.1) is 0 Å². The summed E-state index contributed by atoms with van der Waals surface area (Å²) in [6, 6.07) is 10.5. The van der Waals surface area contributed by atoms with Crippen LogP contribution in [0.4, 0.5) is 0 Å². The number of carbonyl (C=O) groups excluding carboxylic acids is 1. The normalized spacial score (nSPS) is 14.8. The molecule has 0 aromatic heterocycles. The fourth-order valence-electron chi connectivity index (χ4n) is 2.93. The van der Waals surface area contributed by atoms with E-state index in [9.17, 15) is 21.6 Å². The average Bonchev–Trinajstić information content (AvgIpc) is 2.58. The number of primary sulfonamides is 1. The van der Waals surface area contributed by atoms with Gasteiger partial charge < -0.3 is 4.90 Å². The molecule has 1 amide bonds. The van der Waals surface area contributed by atoms with Gasteiger partial charge in [0.2, 0.25) is 10.0 Å². The third-order valence-corrected chi connectivity index (χ3v) is 6.34. The van der Waals surface area contributed by atoms with Crippen LogP contribution in [-0.4, -0.2) is 40.4 Å². The van der Waals surface area contributed by atoms with Crippen molar-refractivity contribution in [3.8, 4) is 0 Å². The quantitative estimate of drug-likeness (QED) is 0.832. The van der Waals surface area contributed by atoms with Crippen molar-refractivity contribution in [2.45, 2.75) is 22.8 Å². The highest BCUT2D eigenvalue weighted by Crippen LogP contribution is 2.24. The van der Waals surface area contributed by atoms with Crippen LogP contribution in [0.15, 0.2) is 52.3 Å². The molecule has 1 heterocycles. The van der Waals surface area contributed by atoms with Gasteiger partial charge in [-0.15, -0.1) is 0 Å². The Morgan fingerprint density at radius 1 is 1.00 bits per heavy atom. The Labute approximate surface area is 152 Å². The third kappa shape index (κ3) is 3.79. The summed E-state index contributed by atoms with van der Waals surface area (Å²) in [6.07, 6.45) is 1.67. The van der Waals surface area contributed by atoms with Crippen molar-refractivity contribution in [1.82, 2.24) is 4.90 Å². The van der Waals surface area contributed by atoms with Gasteiger partial charge in [0.1, 0.15) is 0 Å². The van der Waals surface area contributed by atoms with Gasteiger partial charge in [-0.2, -0.15) is 0 Å². The zero-order valence-electron chi connectivity index (χ0n) is 14.0. The molecule has 1 aliphatic heterocycles. The first kappa shape index (κ1) is 18.6. The van der Waals surface area contributed by atoms with Crippen LogP contribution in [0.2, 0.25) is 0 Å². The number of fused-ring (bicyclic) bond motifs is 1. The lowest BCUT2D eigenvalue weighted by molar-refractivity contribution is 0.0734. The summed E-state index contributed by atoms with van der Waals surface area (Å²) in [4.78, 5) is 14.4. The first-order chi connectivity index (χ1) is 12.1. The Balaban J connectivity index is 1.90. The van der Waals surface area contributed by atoms with Crippen molar-refractivity contribution in [2.24, 2.45) is 5.14 Å². The van der Waals surface area contributed by atoms with E-state index in [0.29, 0.717) is 13.0 Å². The van der Waals surface area contributed by atoms with Crippen molar-refractivity contribution in [1.29, 1.82) is 0 Å². The molecule has 0 aliphatic carbocycles. The van der Waals surface area contributed by atoms with E-state index in [-0.39, 0.29) is 27.8 Å². The van der Waals surface area contributed by atoms with E-state index < -0.39 is 19.9 Å². The van der Waals surface area contributed by atoms with Gasteiger partial charge in [-0.25, -0.2) is 22.0 Å². The summed E-state index contributed by atoms with van der Waals surface area (Å²) in [5, 5.41) is 5.17. The summed E-state index contributed by atoms with van der Waals surface area (Å²) in [6.45, 7) is 0.699. The van der Waals surface area contributed by atoms with Crippen LogP contribution in [0.25, 0.3) is 0 Å². The molecule has 2 N–H and O–H groups in total. The molecular formula is C17H18N2O5S2. The molecule has 2 aromatic rings. The summed E-state index contributed by atoms with van der Waals surface area (Å²) in [5.41, 5.74) is 1.96. The smallest absolute Gasteiger partial charge is 0.254 e. The Hall–Kier alpha value is -2.23. The zero-order valence-corrected chi connectivity index (χ0v) is 15.7. The second kappa shape index (κ2) is 6.49. The Morgan fingerprint density at radius 2 is 1.73 bits per heavy atom. The first-order valence-corrected chi connectivity index (χ1v) is 11.2. The highest BCUT2D eigenvalue weighted by Gasteiger charge is 2.24. The number of nitrogens with two attached hydrogens (primary N) is 1. The van der Waals surface area contributed by atoms with Crippen molar-refractivity contribution in [3.05, 3.63) is 59.2 Å². The van der Waals surface area contributed by atoms with Gasteiger partial charge in [0.25, 0.3) is 5.91 Å². The highest BCUT2D eigenvalue weighted by molar-refractivity contribution is 7.90. The molecule has 9 heteroatoms. The van der Waals surface area contributed by atoms with Crippen LogP contribution < -0.4 is 5.14 Å². The molecule has 138 valence electrons. The zero-order chi connectivity index (χ0) is 19.1. The van der Waals surface area contributed by atoms with Crippen molar-refractivity contribution >= 4 is 25.8 Å². The average molecular weight is 394 g/mol. The van der Waals surface area contributed by atoms with E-state index in [1.165, 1.54) is 30.3 Å². The molecule has 0 atom stereocenters. The number of hydrogen-bond acceptors (Lipinski definition) is 5. The van der Waals surface area contributed by atoms with Gasteiger partial charge in [-0.1, -0.05) is 12.1 Å². The minimum atomic E-state index is -3.82. The van der Waals surface area contributed by atoms with E-state index in [1.54, 1.807) is 17.0 Å². The number of carbonyl (C=O) groups is 1. The molecule has 0 bridgehead atoms. The molecule has 0 fully saturated rings. The second-order valence-electron chi connectivity index (χ2n) is 6.25. The number of hydrogen-bond donors (Lipinski definition) is 1. The van der Waals surface area contributed by atoms with E-state index in [1.807, 2.05) is 0 Å². The predicted octanol–water partition coefficient (Wildman–Crippen LogP) is 0.936. The molecule has 0 saturated heterocycles. The summed E-state index contributed by atoms with van der Waals surface area (Å²) in [7, 11) is -7.23. The van der Waals surface area contributed by atoms with Crippen LogP contribution in [-0.2, 0) is 32.8 Å². The Morgan fingerprint density at radius 3 is 2.38 bits per heavy atom. The van der Waals surface area contributed by atoms with Crippen LogP contribution in [0.3, 0.4) is 0 Å². The predicted molar refractivity (Wildman–Crippen MR) is 95.8 cm³/mol. The molecule has 0 saturated carbocycles. The van der Waals surface area contributed by atoms with Crippen molar-refractivity contribution < 1.29 is 21.6 Å². The van der Waals surface area contributed by atoms with Gasteiger partial charge in [0, 0.05) is 24.9 Å². The van der Waals surface area contributed by atoms with E-state index >= 15 is 0 Å². The maximum atomic E-state index is 12.8. The third-order valence-electron chi connectivity index (χ3n) is 4.31. The molecule has 7 nitrogen and oxygen atoms in total. The molecule has 26 heavy (non-hydrogen) atoms. The standard InChI is InChI=1S/C17H18N2O5S2/c1-25(21,22)15-4-2-3-13(9-15)17(20)19-8-7-12-5-6-16(26(18,23)24)10-14(12)11-19/h2-6,9-10H,7-8,11H2,1H3,(H2,18,23,24). The monoisotopic (exact) mass is 394 g/mol. The van der Waals surface area contributed by atoms with E-state index in [0.717, 1.165) is 17.4 Å². The minimum absolute atomic E-state index is 0.00428. The number of sulfone groups is 1. The second-order valence-corrected chi connectivity index (χ2v) is 9.83. The number of benzene rings is 2. The largest absolute Gasteiger partial charge is 0.334 e. The van der Waals surface area contributed by atoms with Gasteiger partial charge in [-0.3, -0.25) is 4.79 Å².